The van der Waals surface area contributed by atoms with Gasteiger partial charge in [-0.1, -0.05) is 58.5 Å². The molecule has 0 saturated heterocycles. The first-order valence-electron chi connectivity index (χ1n) is 7.43. The van der Waals surface area contributed by atoms with Crippen molar-refractivity contribution in [3.63, 3.8) is 0 Å². The van der Waals surface area contributed by atoms with E-state index in [1.807, 2.05) is 12.1 Å². The zero-order valence-electron chi connectivity index (χ0n) is 13.2. The molecule has 1 aliphatic rings. The molecule has 1 saturated carbocycles. The van der Waals surface area contributed by atoms with E-state index in [4.69, 9.17) is 4.74 Å². The number of hydrogen-bond donors (Lipinski definition) is 1. The highest BCUT2D eigenvalue weighted by atomic mass is 16.5. The Morgan fingerprint density at radius 1 is 1.20 bits per heavy atom. The normalized spacial score (nSPS) is 19.6. The van der Waals surface area contributed by atoms with Crippen molar-refractivity contribution in [2.75, 3.05) is 13.2 Å². The van der Waals surface area contributed by atoms with Crippen LogP contribution in [0.2, 0.25) is 0 Å². The van der Waals surface area contributed by atoms with Crippen molar-refractivity contribution in [1.29, 1.82) is 0 Å². The van der Waals surface area contributed by atoms with Gasteiger partial charge >= 0.3 is 0 Å². The van der Waals surface area contributed by atoms with Gasteiger partial charge in [0.1, 0.15) is 12.4 Å². The molecule has 1 aromatic rings. The van der Waals surface area contributed by atoms with Crippen LogP contribution in [0.3, 0.4) is 0 Å². The van der Waals surface area contributed by atoms with E-state index in [2.05, 4.69) is 51.7 Å². The van der Waals surface area contributed by atoms with E-state index in [-0.39, 0.29) is 0 Å². The highest BCUT2D eigenvalue weighted by Gasteiger charge is 2.63. The summed E-state index contributed by atoms with van der Waals surface area (Å²) in [6.45, 7) is 15.6. The molecule has 20 heavy (non-hydrogen) atoms. The monoisotopic (exact) mass is 273 g/mol. The molecule has 2 rings (SSSR count). The van der Waals surface area contributed by atoms with E-state index in [0.29, 0.717) is 17.4 Å². The third kappa shape index (κ3) is 2.76. The van der Waals surface area contributed by atoms with Crippen LogP contribution in [0.25, 0.3) is 0 Å². The Bertz CT molecular complexity index is 462. The van der Waals surface area contributed by atoms with E-state index in [1.165, 1.54) is 5.56 Å². The fourth-order valence-corrected chi connectivity index (χ4v) is 3.13. The second-order valence-electron chi connectivity index (χ2n) is 6.83. The molecule has 1 N–H and O–H groups in total. The maximum atomic E-state index is 5.68. The predicted molar refractivity (Wildman–Crippen MR) is 84.9 cm³/mol. The number of nitrogens with one attached hydrogen (secondary N) is 1. The number of para-hydroxylation sites is 1. The van der Waals surface area contributed by atoms with Crippen LogP contribution in [0.15, 0.2) is 36.9 Å². The lowest BCUT2D eigenvalue weighted by atomic mass is 10.0. The molecule has 0 heterocycles. The lowest BCUT2D eigenvalue weighted by Crippen LogP contribution is -2.19. The van der Waals surface area contributed by atoms with Gasteiger partial charge in [-0.3, -0.25) is 0 Å². The second kappa shape index (κ2) is 5.61. The lowest BCUT2D eigenvalue weighted by Gasteiger charge is -2.11. The van der Waals surface area contributed by atoms with Gasteiger partial charge in [-0.15, -0.1) is 0 Å². The minimum absolute atomic E-state index is 0.443. The number of ether oxygens (including phenoxy) is 1. The Morgan fingerprint density at radius 2 is 1.85 bits per heavy atom. The zero-order valence-corrected chi connectivity index (χ0v) is 13.2. The first-order chi connectivity index (χ1) is 9.41. The summed E-state index contributed by atoms with van der Waals surface area (Å²) in [6, 6.07) is 8.21. The fourth-order valence-electron chi connectivity index (χ4n) is 3.13. The predicted octanol–water partition coefficient (Wildman–Crippen LogP) is 4.02. The van der Waals surface area contributed by atoms with E-state index < -0.39 is 0 Å². The van der Waals surface area contributed by atoms with Gasteiger partial charge in [-0.05, 0) is 29.4 Å². The molecule has 1 fully saturated rings. The quantitative estimate of drug-likeness (QED) is 0.758. The Labute approximate surface area is 123 Å². The van der Waals surface area contributed by atoms with Gasteiger partial charge in [-0.2, -0.15) is 0 Å². The molecular weight excluding hydrogens is 246 g/mol. The number of rotatable bonds is 7. The van der Waals surface area contributed by atoms with Crippen LogP contribution in [-0.4, -0.2) is 13.2 Å². The van der Waals surface area contributed by atoms with Crippen LogP contribution in [0.1, 0.15) is 33.3 Å². The van der Waals surface area contributed by atoms with Gasteiger partial charge in [0.05, 0.1) is 0 Å². The molecule has 1 aromatic carbocycles. The average Bonchev–Trinajstić information content (AvgIpc) is 2.79. The zero-order chi connectivity index (χ0) is 14.8. The van der Waals surface area contributed by atoms with E-state index in [0.717, 1.165) is 24.8 Å². The van der Waals surface area contributed by atoms with Crippen molar-refractivity contribution < 1.29 is 4.74 Å². The molecule has 1 aliphatic carbocycles. The molecule has 0 unspecified atom stereocenters. The molecule has 110 valence electrons. The highest BCUT2D eigenvalue weighted by Crippen LogP contribution is 2.67. The van der Waals surface area contributed by atoms with Gasteiger partial charge in [0.2, 0.25) is 0 Å². The summed E-state index contributed by atoms with van der Waals surface area (Å²) in [6.07, 6.45) is 1.78. The van der Waals surface area contributed by atoms with Crippen LogP contribution in [0.5, 0.6) is 5.75 Å². The van der Waals surface area contributed by atoms with Crippen LogP contribution >= 0.6 is 0 Å². The van der Waals surface area contributed by atoms with E-state index in [9.17, 15) is 0 Å². The lowest BCUT2D eigenvalue weighted by molar-refractivity contribution is 0.357. The van der Waals surface area contributed by atoms with Crippen molar-refractivity contribution >= 4 is 0 Å². The number of benzene rings is 1. The molecular formula is C18H27NO. The first-order valence-corrected chi connectivity index (χ1v) is 7.43. The van der Waals surface area contributed by atoms with E-state index in [1.54, 1.807) is 6.08 Å². The summed E-state index contributed by atoms with van der Waals surface area (Å²) in [5.74, 6) is 1.70. The fraction of sp³-hybridized carbons (Fsp3) is 0.556. The SMILES string of the molecule is C=CCOc1ccccc1CNCC1C(C)(C)C1(C)C. The van der Waals surface area contributed by atoms with Gasteiger partial charge in [0.25, 0.3) is 0 Å². The summed E-state index contributed by atoms with van der Waals surface area (Å²) in [5.41, 5.74) is 2.10. The van der Waals surface area contributed by atoms with Gasteiger partial charge in [-0.25, -0.2) is 0 Å². The molecule has 0 aliphatic heterocycles. The van der Waals surface area contributed by atoms with Crippen LogP contribution in [-0.2, 0) is 6.54 Å². The molecule has 0 amide bonds. The van der Waals surface area contributed by atoms with Crippen molar-refractivity contribution in [3.05, 3.63) is 42.5 Å². The Hall–Kier alpha value is -1.28. The van der Waals surface area contributed by atoms with Crippen LogP contribution in [0.4, 0.5) is 0 Å². The third-order valence-electron chi connectivity index (χ3n) is 5.31. The Morgan fingerprint density at radius 3 is 2.45 bits per heavy atom. The summed E-state index contributed by atoms with van der Waals surface area (Å²) in [5, 5.41) is 3.59. The molecule has 0 radical (unpaired) electrons. The molecule has 2 heteroatoms. The molecule has 0 aromatic heterocycles. The summed E-state index contributed by atoms with van der Waals surface area (Å²) in [7, 11) is 0. The largest absolute Gasteiger partial charge is 0.489 e. The highest BCUT2D eigenvalue weighted by molar-refractivity contribution is 5.33. The average molecular weight is 273 g/mol. The van der Waals surface area contributed by atoms with Crippen molar-refractivity contribution in [2.24, 2.45) is 16.7 Å². The summed E-state index contributed by atoms with van der Waals surface area (Å²) >= 11 is 0. The number of hydrogen-bond acceptors (Lipinski definition) is 2. The Kier molecular flexibility index (Phi) is 4.24. The van der Waals surface area contributed by atoms with Gasteiger partial charge in [0, 0.05) is 12.1 Å². The maximum Gasteiger partial charge on any atom is 0.124 e. The first kappa shape index (κ1) is 15.1. The van der Waals surface area contributed by atoms with E-state index >= 15 is 0 Å². The topological polar surface area (TPSA) is 21.3 Å². The molecule has 2 nitrogen and oxygen atoms in total. The maximum absolute atomic E-state index is 5.68. The summed E-state index contributed by atoms with van der Waals surface area (Å²) < 4.78 is 5.68. The summed E-state index contributed by atoms with van der Waals surface area (Å²) in [4.78, 5) is 0. The van der Waals surface area contributed by atoms with Crippen LogP contribution < -0.4 is 10.1 Å². The molecule has 0 bridgehead atoms. The minimum atomic E-state index is 0.443. The van der Waals surface area contributed by atoms with Crippen molar-refractivity contribution in [3.8, 4) is 5.75 Å². The van der Waals surface area contributed by atoms with Gasteiger partial charge in [0.15, 0.2) is 0 Å². The Balaban J connectivity index is 1.87. The minimum Gasteiger partial charge on any atom is -0.489 e. The molecule has 0 atom stereocenters. The van der Waals surface area contributed by atoms with Crippen LogP contribution in [0, 0.1) is 16.7 Å². The van der Waals surface area contributed by atoms with Crippen molar-refractivity contribution in [1.82, 2.24) is 5.32 Å². The smallest absolute Gasteiger partial charge is 0.124 e. The van der Waals surface area contributed by atoms with Crippen molar-refractivity contribution in [2.45, 2.75) is 34.2 Å². The second-order valence-corrected chi connectivity index (χ2v) is 6.83. The standard InChI is InChI=1S/C18H27NO/c1-6-11-20-15-10-8-7-9-14(15)12-19-13-16-17(2,3)18(16,4)5/h6-10,16,19H,1,11-13H2,2-5H3. The molecule has 0 spiro atoms. The third-order valence-corrected chi connectivity index (χ3v) is 5.31. The van der Waals surface area contributed by atoms with Gasteiger partial charge < -0.3 is 10.1 Å².